The molecule has 4 heteroatoms. The van der Waals surface area contributed by atoms with Gasteiger partial charge in [-0.05, 0) is 56.2 Å². The van der Waals surface area contributed by atoms with Crippen LogP contribution in [0.2, 0.25) is 0 Å². The number of hydrogen-bond donors (Lipinski definition) is 0. The lowest BCUT2D eigenvalue weighted by molar-refractivity contribution is -0.134. The Morgan fingerprint density at radius 2 is 1.71 bits per heavy atom. The van der Waals surface area contributed by atoms with Gasteiger partial charge in [0, 0.05) is 25.2 Å². The van der Waals surface area contributed by atoms with Crippen molar-refractivity contribution in [2.75, 3.05) is 13.2 Å². The fourth-order valence-corrected chi connectivity index (χ4v) is 3.20. The number of allylic oxidation sites excluding steroid dienone is 2. The first-order valence-electron chi connectivity index (χ1n) is 11.7. The molecule has 1 heterocycles. The Morgan fingerprint density at radius 3 is 2.42 bits per heavy atom. The van der Waals surface area contributed by atoms with Crippen LogP contribution in [0.5, 0.6) is 5.75 Å². The third kappa shape index (κ3) is 10.4. The lowest BCUT2D eigenvalue weighted by atomic mass is 10.0. The first-order chi connectivity index (χ1) is 15.2. The molecule has 4 nitrogen and oxygen atoms in total. The van der Waals surface area contributed by atoms with Crippen molar-refractivity contribution >= 4 is 5.97 Å². The Labute approximate surface area is 187 Å². The fourth-order valence-electron chi connectivity index (χ4n) is 3.20. The molecule has 1 aromatic heterocycles. The number of pyridine rings is 1. The Hall–Kier alpha value is -2.46. The summed E-state index contributed by atoms with van der Waals surface area (Å²) in [5.74, 6) is 0.266. The third-order valence-corrected chi connectivity index (χ3v) is 4.96. The highest BCUT2D eigenvalue weighted by molar-refractivity contribution is 5.72. The zero-order chi connectivity index (χ0) is 22.2. The van der Waals surface area contributed by atoms with Gasteiger partial charge in [-0.2, -0.15) is 0 Å². The molecule has 2 aromatic rings. The lowest BCUT2D eigenvalue weighted by Crippen LogP contribution is -2.07. The average Bonchev–Trinajstić information content (AvgIpc) is 2.79. The maximum absolute atomic E-state index is 11.9. The van der Waals surface area contributed by atoms with Crippen molar-refractivity contribution in [2.45, 2.75) is 71.6 Å². The minimum absolute atomic E-state index is 0.225. The van der Waals surface area contributed by atoms with Crippen LogP contribution in [0.15, 0.2) is 54.7 Å². The van der Waals surface area contributed by atoms with E-state index >= 15 is 0 Å². The van der Waals surface area contributed by atoms with E-state index in [1.807, 2.05) is 18.2 Å². The molecular formula is C27H37NO3. The second kappa shape index (κ2) is 15.4. The Morgan fingerprint density at radius 1 is 0.903 bits per heavy atom. The van der Waals surface area contributed by atoms with Gasteiger partial charge < -0.3 is 9.47 Å². The van der Waals surface area contributed by atoms with Gasteiger partial charge in [-0.3, -0.25) is 9.78 Å². The highest BCUT2D eigenvalue weighted by Crippen LogP contribution is 2.21. The van der Waals surface area contributed by atoms with Crippen molar-refractivity contribution in [3.63, 3.8) is 0 Å². The summed E-state index contributed by atoms with van der Waals surface area (Å²) in [5.41, 5.74) is 3.29. The molecule has 0 aliphatic carbocycles. The van der Waals surface area contributed by atoms with E-state index in [-0.39, 0.29) is 5.97 Å². The van der Waals surface area contributed by atoms with Crippen LogP contribution in [0.25, 0.3) is 11.3 Å². The Balaban J connectivity index is 1.73. The topological polar surface area (TPSA) is 48.4 Å². The third-order valence-electron chi connectivity index (χ3n) is 4.96. The average molecular weight is 424 g/mol. The number of ether oxygens (including phenoxy) is 2. The van der Waals surface area contributed by atoms with E-state index in [1.54, 1.807) is 6.20 Å². The minimum Gasteiger partial charge on any atom is -0.425 e. The van der Waals surface area contributed by atoms with Crippen molar-refractivity contribution in [3.05, 3.63) is 60.3 Å². The molecule has 0 bridgehead atoms. The molecule has 0 N–H and O–H groups in total. The number of rotatable bonds is 15. The number of nitrogens with zero attached hydrogens (tertiary/aromatic N) is 1. The molecule has 168 valence electrons. The number of unbranched alkanes of at least 4 members (excludes halogenated alkanes) is 3. The number of benzene rings is 1. The van der Waals surface area contributed by atoms with Crippen molar-refractivity contribution in [1.29, 1.82) is 0 Å². The SMILES string of the molecule is CCCC=CCCC(=O)Oc1ccc(-c2ccc(CCCCCOCCC)cc2)nc1. The summed E-state index contributed by atoms with van der Waals surface area (Å²) in [6, 6.07) is 12.3. The maximum Gasteiger partial charge on any atom is 0.311 e. The van der Waals surface area contributed by atoms with Crippen molar-refractivity contribution in [1.82, 2.24) is 4.98 Å². The monoisotopic (exact) mass is 423 g/mol. The summed E-state index contributed by atoms with van der Waals surface area (Å²) in [7, 11) is 0. The Bertz CT molecular complexity index is 766. The van der Waals surface area contributed by atoms with Gasteiger partial charge in [0.05, 0.1) is 11.9 Å². The van der Waals surface area contributed by atoms with Crippen LogP contribution in [0.4, 0.5) is 0 Å². The van der Waals surface area contributed by atoms with Gasteiger partial charge in [0.15, 0.2) is 0 Å². The number of aromatic nitrogens is 1. The summed E-state index contributed by atoms with van der Waals surface area (Å²) in [6.07, 6.45) is 14.7. The highest BCUT2D eigenvalue weighted by Gasteiger charge is 2.06. The van der Waals surface area contributed by atoms with Gasteiger partial charge in [0.25, 0.3) is 0 Å². The molecule has 0 aliphatic heterocycles. The Kier molecular flexibility index (Phi) is 12.3. The molecule has 0 fully saturated rings. The van der Waals surface area contributed by atoms with Gasteiger partial charge >= 0.3 is 5.97 Å². The first kappa shape index (κ1) is 24.8. The number of carbonyl (C=O) groups is 1. The molecule has 0 spiro atoms. The standard InChI is InChI=1S/C27H37NO3/c1-3-5-6-7-10-13-27(29)31-25-18-19-26(28-22-25)24-16-14-23(15-17-24)12-9-8-11-21-30-20-4-2/h6-7,14-19,22H,3-5,8-13,20-21H2,1-2H3. The van der Waals surface area contributed by atoms with Crippen LogP contribution in [-0.2, 0) is 16.0 Å². The number of aryl methyl sites for hydroxylation is 1. The van der Waals surface area contributed by atoms with E-state index in [0.29, 0.717) is 18.6 Å². The molecule has 0 radical (unpaired) electrons. The van der Waals surface area contributed by atoms with Crippen LogP contribution in [0, 0.1) is 0 Å². The highest BCUT2D eigenvalue weighted by atomic mass is 16.5. The summed E-state index contributed by atoms with van der Waals surface area (Å²) in [6.45, 7) is 6.02. The van der Waals surface area contributed by atoms with E-state index in [2.05, 4.69) is 49.2 Å². The largest absolute Gasteiger partial charge is 0.425 e. The van der Waals surface area contributed by atoms with E-state index < -0.39 is 0 Å². The zero-order valence-electron chi connectivity index (χ0n) is 19.1. The van der Waals surface area contributed by atoms with E-state index in [0.717, 1.165) is 56.6 Å². The predicted molar refractivity (Wildman–Crippen MR) is 127 cm³/mol. The second-order valence-corrected chi connectivity index (χ2v) is 7.77. The molecule has 2 rings (SSSR count). The zero-order valence-corrected chi connectivity index (χ0v) is 19.1. The van der Waals surface area contributed by atoms with Gasteiger partial charge in [-0.1, -0.05) is 63.1 Å². The van der Waals surface area contributed by atoms with Gasteiger partial charge in [0.1, 0.15) is 5.75 Å². The van der Waals surface area contributed by atoms with Crippen LogP contribution in [-0.4, -0.2) is 24.2 Å². The summed E-state index contributed by atoms with van der Waals surface area (Å²) >= 11 is 0. The summed E-state index contributed by atoms with van der Waals surface area (Å²) in [5, 5.41) is 0. The summed E-state index contributed by atoms with van der Waals surface area (Å²) < 4.78 is 10.9. The normalized spacial score (nSPS) is 11.2. The molecule has 0 saturated carbocycles. The van der Waals surface area contributed by atoms with Gasteiger partial charge in [0.2, 0.25) is 0 Å². The first-order valence-corrected chi connectivity index (χ1v) is 11.7. The van der Waals surface area contributed by atoms with Crippen molar-refractivity contribution in [3.8, 4) is 17.0 Å². The maximum atomic E-state index is 11.9. The fraction of sp³-hybridized carbons (Fsp3) is 0.481. The molecule has 0 aliphatic rings. The predicted octanol–water partition coefficient (Wildman–Crippen LogP) is 6.93. The van der Waals surface area contributed by atoms with E-state index in [4.69, 9.17) is 9.47 Å². The van der Waals surface area contributed by atoms with Crippen LogP contribution in [0.3, 0.4) is 0 Å². The van der Waals surface area contributed by atoms with Gasteiger partial charge in [-0.25, -0.2) is 0 Å². The molecule has 1 aromatic carbocycles. The molecule has 0 atom stereocenters. The van der Waals surface area contributed by atoms with Crippen molar-refractivity contribution < 1.29 is 14.3 Å². The van der Waals surface area contributed by atoms with Gasteiger partial charge in [-0.15, -0.1) is 0 Å². The number of carbonyl (C=O) groups excluding carboxylic acids is 1. The smallest absolute Gasteiger partial charge is 0.311 e. The summed E-state index contributed by atoms with van der Waals surface area (Å²) in [4.78, 5) is 16.4. The van der Waals surface area contributed by atoms with E-state index in [9.17, 15) is 4.79 Å². The number of esters is 1. The second-order valence-electron chi connectivity index (χ2n) is 7.77. The minimum atomic E-state index is -0.225. The molecular weight excluding hydrogens is 386 g/mol. The van der Waals surface area contributed by atoms with Crippen molar-refractivity contribution in [2.24, 2.45) is 0 Å². The van der Waals surface area contributed by atoms with Crippen LogP contribution < -0.4 is 4.74 Å². The van der Waals surface area contributed by atoms with E-state index in [1.165, 1.54) is 18.4 Å². The van der Waals surface area contributed by atoms with Crippen LogP contribution in [0.1, 0.15) is 70.8 Å². The quantitative estimate of drug-likeness (QED) is 0.177. The molecule has 0 amide bonds. The molecule has 0 saturated heterocycles. The molecule has 31 heavy (non-hydrogen) atoms. The van der Waals surface area contributed by atoms with Crippen LogP contribution >= 0.6 is 0 Å². The lowest BCUT2D eigenvalue weighted by Gasteiger charge is -2.07. The molecule has 0 unspecified atom stereocenters. The number of hydrogen-bond acceptors (Lipinski definition) is 4.